The van der Waals surface area contributed by atoms with Gasteiger partial charge in [-0.1, -0.05) is 12.1 Å². The van der Waals surface area contributed by atoms with Crippen molar-refractivity contribution in [3.63, 3.8) is 0 Å². The molecule has 0 aliphatic rings. The Bertz CT molecular complexity index is 731. The van der Waals surface area contributed by atoms with E-state index in [1.54, 1.807) is 41.9 Å². The van der Waals surface area contributed by atoms with E-state index < -0.39 is 0 Å². The lowest BCUT2D eigenvalue weighted by Gasteiger charge is -2.21. The van der Waals surface area contributed by atoms with E-state index in [0.717, 1.165) is 15.5 Å². The van der Waals surface area contributed by atoms with E-state index in [2.05, 4.69) is 0 Å². The van der Waals surface area contributed by atoms with E-state index >= 15 is 0 Å². The summed E-state index contributed by atoms with van der Waals surface area (Å²) in [6.45, 7) is 1.21. The highest BCUT2D eigenvalue weighted by atomic mass is 32.1. The van der Waals surface area contributed by atoms with Crippen molar-refractivity contribution in [2.75, 3.05) is 13.7 Å². The fourth-order valence-electron chi connectivity index (χ4n) is 2.32. The maximum Gasteiger partial charge on any atom is 0.261 e. The van der Waals surface area contributed by atoms with Crippen LogP contribution in [0.2, 0.25) is 0 Å². The number of methoxy groups -OCH3 is 1. The zero-order chi connectivity index (χ0) is 17.5. The van der Waals surface area contributed by atoms with Crippen molar-refractivity contribution in [3.05, 3.63) is 69.0 Å². The summed E-state index contributed by atoms with van der Waals surface area (Å²) in [7, 11) is 1.62. The first-order valence-electron chi connectivity index (χ1n) is 7.84. The molecular weight excluding hydrogens is 354 g/mol. The number of ether oxygens (including phenoxy) is 2. The van der Waals surface area contributed by atoms with Crippen molar-refractivity contribution in [2.45, 2.75) is 13.1 Å². The van der Waals surface area contributed by atoms with Crippen LogP contribution in [-0.4, -0.2) is 24.5 Å². The number of carbonyl (C=O) groups excluding carboxylic acids is 1. The molecule has 0 N–H and O–H groups in total. The third-order valence-corrected chi connectivity index (χ3v) is 5.35. The Balaban J connectivity index is 1.62. The first-order valence-corrected chi connectivity index (χ1v) is 9.60. The van der Waals surface area contributed by atoms with Gasteiger partial charge in [0, 0.05) is 9.75 Å². The van der Waals surface area contributed by atoms with E-state index in [4.69, 9.17) is 9.47 Å². The smallest absolute Gasteiger partial charge is 0.261 e. The van der Waals surface area contributed by atoms with Crippen LogP contribution in [0.3, 0.4) is 0 Å². The zero-order valence-electron chi connectivity index (χ0n) is 13.9. The van der Waals surface area contributed by atoms with Gasteiger partial charge in [0.05, 0.1) is 20.2 Å². The largest absolute Gasteiger partial charge is 0.497 e. The normalized spacial score (nSPS) is 10.4. The standard InChI is InChI=1S/C19H19NO3S2/c1-22-15-6-8-16(9-7-15)23-14-19(21)20(12-17-4-2-10-24-17)13-18-5-3-11-25-18/h2-11H,12-14H2,1H3. The Morgan fingerprint density at radius 2 is 1.48 bits per heavy atom. The predicted octanol–water partition coefficient (Wildman–Crippen LogP) is 4.43. The van der Waals surface area contributed by atoms with Crippen LogP contribution in [0.5, 0.6) is 11.5 Å². The molecule has 25 heavy (non-hydrogen) atoms. The second-order valence-corrected chi connectivity index (χ2v) is 7.44. The van der Waals surface area contributed by atoms with Gasteiger partial charge in [-0.25, -0.2) is 0 Å². The Morgan fingerprint density at radius 3 is 1.96 bits per heavy atom. The van der Waals surface area contributed by atoms with E-state index in [1.165, 1.54) is 0 Å². The number of carbonyl (C=O) groups is 1. The fourth-order valence-corrected chi connectivity index (χ4v) is 3.76. The minimum Gasteiger partial charge on any atom is -0.497 e. The van der Waals surface area contributed by atoms with Crippen LogP contribution in [0.4, 0.5) is 0 Å². The van der Waals surface area contributed by atoms with Gasteiger partial charge in [0.15, 0.2) is 6.61 Å². The average Bonchev–Trinajstić information content (AvgIpc) is 3.33. The molecule has 1 amide bonds. The molecule has 0 radical (unpaired) electrons. The maximum atomic E-state index is 12.7. The predicted molar refractivity (Wildman–Crippen MR) is 101 cm³/mol. The van der Waals surface area contributed by atoms with Crippen LogP contribution < -0.4 is 9.47 Å². The molecular formula is C19H19NO3S2. The number of hydrogen-bond acceptors (Lipinski definition) is 5. The van der Waals surface area contributed by atoms with Crippen LogP contribution in [0.15, 0.2) is 59.3 Å². The van der Waals surface area contributed by atoms with E-state index in [9.17, 15) is 4.79 Å². The minimum atomic E-state index is -0.0300. The Labute approximate surface area is 155 Å². The summed E-state index contributed by atoms with van der Waals surface area (Å²) in [6.07, 6.45) is 0. The quantitative estimate of drug-likeness (QED) is 0.586. The van der Waals surface area contributed by atoms with E-state index in [1.807, 2.05) is 52.1 Å². The van der Waals surface area contributed by atoms with Crippen molar-refractivity contribution in [3.8, 4) is 11.5 Å². The zero-order valence-corrected chi connectivity index (χ0v) is 15.5. The monoisotopic (exact) mass is 373 g/mol. The van der Waals surface area contributed by atoms with Crippen molar-refractivity contribution in [1.82, 2.24) is 4.90 Å². The lowest BCUT2D eigenvalue weighted by atomic mass is 10.3. The summed E-state index contributed by atoms with van der Waals surface area (Å²) in [4.78, 5) is 16.8. The van der Waals surface area contributed by atoms with Gasteiger partial charge >= 0.3 is 0 Å². The Morgan fingerprint density at radius 1 is 0.920 bits per heavy atom. The molecule has 3 rings (SSSR count). The lowest BCUT2D eigenvalue weighted by molar-refractivity contribution is -0.134. The first-order chi connectivity index (χ1) is 12.2. The number of nitrogens with zero attached hydrogens (tertiary/aromatic N) is 1. The molecule has 0 unspecified atom stereocenters. The Kier molecular flexibility index (Phi) is 6.09. The van der Waals surface area contributed by atoms with Gasteiger partial charge < -0.3 is 14.4 Å². The van der Waals surface area contributed by atoms with Crippen LogP contribution in [-0.2, 0) is 17.9 Å². The van der Waals surface area contributed by atoms with E-state index in [0.29, 0.717) is 18.8 Å². The highest BCUT2D eigenvalue weighted by Crippen LogP contribution is 2.19. The highest BCUT2D eigenvalue weighted by Gasteiger charge is 2.16. The number of rotatable bonds is 8. The van der Waals surface area contributed by atoms with E-state index in [-0.39, 0.29) is 12.5 Å². The van der Waals surface area contributed by atoms with Crippen LogP contribution in [0, 0.1) is 0 Å². The Hall–Kier alpha value is -2.31. The summed E-state index contributed by atoms with van der Waals surface area (Å²) < 4.78 is 10.8. The highest BCUT2D eigenvalue weighted by molar-refractivity contribution is 7.10. The van der Waals surface area contributed by atoms with Gasteiger partial charge in [-0.2, -0.15) is 0 Å². The number of hydrogen-bond donors (Lipinski definition) is 0. The van der Waals surface area contributed by atoms with Gasteiger partial charge in [0.2, 0.25) is 0 Å². The summed E-state index contributed by atoms with van der Waals surface area (Å²) in [5.41, 5.74) is 0. The molecule has 0 aliphatic heterocycles. The topological polar surface area (TPSA) is 38.8 Å². The lowest BCUT2D eigenvalue weighted by Crippen LogP contribution is -2.33. The third kappa shape index (κ3) is 5.08. The molecule has 0 atom stereocenters. The SMILES string of the molecule is COc1ccc(OCC(=O)N(Cc2cccs2)Cc2cccs2)cc1. The third-order valence-electron chi connectivity index (χ3n) is 3.63. The molecule has 0 aliphatic carbocycles. The van der Waals surface area contributed by atoms with Gasteiger partial charge in [-0.05, 0) is 47.2 Å². The van der Waals surface area contributed by atoms with Crippen molar-refractivity contribution >= 4 is 28.6 Å². The second kappa shape index (κ2) is 8.69. The molecule has 0 fully saturated rings. The van der Waals surface area contributed by atoms with Crippen molar-refractivity contribution < 1.29 is 14.3 Å². The maximum absolute atomic E-state index is 12.7. The molecule has 2 aromatic heterocycles. The molecule has 0 spiro atoms. The second-order valence-electron chi connectivity index (χ2n) is 5.37. The molecule has 6 heteroatoms. The minimum absolute atomic E-state index is 0.0169. The average molecular weight is 373 g/mol. The van der Waals surface area contributed by atoms with Gasteiger partial charge in [0.1, 0.15) is 11.5 Å². The molecule has 0 bridgehead atoms. The summed E-state index contributed by atoms with van der Waals surface area (Å²) >= 11 is 3.31. The molecule has 1 aromatic carbocycles. The van der Waals surface area contributed by atoms with Crippen LogP contribution in [0.25, 0.3) is 0 Å². The van der Waals surface area contributed by atoms with Crippen molar-refractivity contribution in [1.29, 1.82) is 0 Å². The molecule has 3 aromatic rings. The van der Waals surface area contributed by atoms with Gasteiger partial charge in [-0.3, -0.25) is 4.79 Å². The summed E-state index contributed by atoms with van der Waals surface area (Å²) in [5.74, 6) is 1.38. The first kappa shape index (κ1) is 17.5. The molecule has 4 nitrogen and oxygen atoms in total. The van der Waals surface area contributed by atoms with Gasteiger partial charge in [0.25, 0.3) is 5.91 Å². The number of benzene rings is 1. The van der Waals surface area contributed by atoms with Gasteiger partial charge in [-0.15, -0.1) is 22.7 Å². The molecule has 2 heterocycles. The van der Waals surface area contributed by atoms with Crippen molar-refractivity contribution in [2.24, 2.45) is 0 Å². The molecule has 0 saturated carbocycles. The number of amides is 1. The van der Waals surface area contributed by atoms with Crippen LogP contribution >= 0.6 is 22.7 Å². The fraction of sp³-hybridized carbons (Fsp3) is 0.211. The molecule has 130 valence electrons. The number of thiophene rings is 2. The molecule has 0 saturated heterocycles. The summed E-state index contributed by atoms with van der Waals surface area (Å²) in [6, 6.07) is 15.3. The summed E-state index contributed by atoms with van der Waals surface area (Å²) in [5, 5.41) is 4.05. The van der Waals surface area contributed by atoms with Crippen LogP contribution in [0.1, 0.15) is 9.75 Å².